The third-order valence-electron chi connectivity index (χ3n) is 1.33. The summed E-state index contributed by atoms with van der Waals surface area (Å²) in [5.41, 5.74) is 5.58. The SMILES string of the molecule is CC1C=C(Br)C=NC1N. The Morgan fingerprint density at radius 3 is 2.89 bits per heavy atom. The maximum Gasteiger partial charge on any atom is 0.103 e. The Balaban J connectivity index is 2.70. The molecule has 0 bridgehead atoms. The van der Waals surface area contributed by atoms with E-state index in [2.05, 4.69) is 27.0 Å². The van der Waals surface area contributed by atoms with Gasteiger partial charge in [-0.25, -0.2) is 0 Å². The van der Waals surface area contributed by atoms with Crippen molar-refractivity contribution in [2.75, 3.05) is 0 Å². The predicted molar refractivity (Wildman–Crippen MR) is 42.6 cm³/mol. The largest absolute Gasteiger partial charge is 0.309 e. The van der Waals surface area contributed by atoms with E-state index in [0.717, 1.165) is 4.48 Å². The molecular weight excluding hydrogens is 180 g/mol. The van der Waals surface area contributed by atoms with Crippen molar-refractivity contribution in [1.82, 2.24) is 0 Å². The molecule has 0 fully saturated rings. The van der Waals surface area contributed by atoms with Gasteiger partial charge in [0.05, 0.1) is 0 Å². The average Bonchev–Trinajstić information content (AvgIpc) is 1.80. The second kappa shape index (κ2) is 2.62. The van der Waals surface area contributed by atoms with E-state index in [9.17, 15) is 0 Å². The van der Waals surface area contributed by atoms with E-state index in [0.29, 0.717) is 5.92 Å². The molecule has 0 saturated carbocycles. The fourth-order valence-electron chi connectivity index (χ4n) is 0.686. The molecule has 1 rings (SSSR count). The smallest absolute Gasteiger partial charge is 0.103 e. The van der Waals surface area contributed by atoms with Gasteiger partial charge in [0, 0.05) is 16.6 Å². The van der Waals surface area contributed by atoms with Crippen molar-refractivity contribution in [2.45, 2.75) is 13.1 Å². The molecule has 1 aliphatic heterocycles. The van der Waals surface area contributed by atoms with E-state index in [4.69, 9.17) is 5.73 Å². The number of nitrogens with zero attached hydrogens (tertiary/aromatic N) is 1. The summed E-state index contributed by atoms with van der Waals surface area (Å²) < 4.78 is 1.02. The quantitative estimate of drug-likeness (QED) is 0.612. The molecule has 2 nitrogen and oxygen atoms in total. The van der Waals surface area contributed by atoms with Crippen LogP contribution in [0, 0.1) is 5.92 Å². The summed E-state index contributed by atoms with van der Waals surface area (Å²) in [7, 11) is 0. The maximum absolute atomic E-state index is 5.58. The highest BCUT2D eigenvalue weighted by Gasteiger charge is 2.11. The third kappa shape index (κ3) is 1.63. The van der Waals surface area contributed by atoms with Crippen LogP contribution >= 0.6 is 15.9 Å². The first kappa shape index (κ1) is 6.96. The normalized spacial score (nSPS) is 34.3. The number of aliphatic imine (C=N–C) groups is 1. The van der Waals surface area contributed by atoms with Crippen LogP contribution in [0.1, 0.15) is 6.92 Å². The molecule has 0 radical (unpaired) electrons. The lowest BCUT2D eigenvalue weighted by molar-refractivity contribution is 0.557. The first-order valence-electron chi connectivity index (χ1n) is 2.86. The number of allylic oxidation sites excluding steroid dienone is 1. The third-order valence-corrected chi connectivity index (χ3v) is 1.80. The van der Waals surface area contributed by atoms with Crippen molar-refractivity contribution >= 4 is 22.1 Å². The molecule has 2 atom stereocenters. The Bertz CT molecular complexity index is 162. The topological polar surface area (TPSA) is 38.4 Å². The van der Waals surface area contributed by atoms with Crippen molar-refractivity contribution in [2.24, 2.45) is 16.6 Å². The van der Waals surface area contributed by atoms with E-state index >= 15 is 0 Å². The van der Waals surface area contributed by atoms with E-state index in [1.165, 1.54) is 0 Å². The minimum atomic E-state index is -0.0497. The highest BCUT2D eigenvalue weighted by Crippen LogP contribution is 2.15. The molecule has 1 aliphatic rings. The number of halogens is 1. The van der Waals surface area contributed by atoms with Crippen molar-refractivity contribution in [3.8, 4) is 0 Å². The molecular formula is C6H9BrN2. The van der Waals surface area contributed by atoms with Gasteiger partial charge in [0.2, 0.25) is 0 Å². The molecule has 0 aromatic heterocycles. The zero-order valence-corrected chi connectivity index (χ0v) is 6.80. The van der Waals surface area contributed by atoms with E-state index in [1.54, 1.807) is 6.21 Å². The molecule has 0 amide bonds. The summed E-state index contributed by atoms with van der Waals surface area (Å²) in [4.78, 5) is 4.03. The van der Waals surface area contributed by atoms with Gasteiger partial charge in [-0.3, -0.25) is 4.99 Å². The van der Waals surface area contributed by atoms with Gasteiger partial charge in [0.1, 0.15) is 6.17 Å². The molecule has 1 heterocycles. The standard InChI is InChI=1S/C6H9BrN2/c1-4-2-5(7)3-9-6(4)8/h2-4,6H,8H2,1H3. The van der Waals surface area contributed by atoms with Crippen LogP contribution < -0.4 is 5.73 Å². The fourth-order valence-corrected chi connectivity index (χ4v) is 1.22. The first-order chi connectivity index (χ1) is 4.20. The van der Waals surface area contributed by atoms with Crippen molar-refractivity contribution in [3.05, 3.63) is 10.6 Å². The van der Waals surface area contributed by atoms with Crippen LogP contribution in [0.4, 0.5) is 0 Å². The zero-order valence-electron chi connectivity index (χ0n) is 5.21. The van der Waals surface area contributed by atoms with Crippen LogP contribution in [0.5, 0.6) is 0 Å². The molecule has 2 unspecified atom stereocenters. The van der Waals surface area contributed by atoms with Gasteiger partial charge in [-0.1, -0.05) is 13.0 Å². The summed E-state index contributed by atoms with van der Waals surface area (Å²) in [6.07, 6.45) is 3.74. The van der Waals surface area contributed by atoms with Crippen LogP contribution in [-0.2, 0) is 0 Å². The van der Waals surface area contributed by atoms with Crippen molar-refractivity contribution in [3.63, 3.8) is 0 Å². The van der Waals surface area contributed by atoms with Gasteiger partial charge in [-0.2, -0.15) is 0 Å². The lowest BCUT2D eigenvalue weighted by Gasteiger charge is -2.15. The lowest BCUT2D eigenvalue weighted by Crippen LogP contribution is -2.26. The number of rotatable bonds is 0. The predicted octanol–water partition coefficient (Wildman–Crippen LogP) is 1.27. The summed E-state index contributed by atoms with van der Waals surface area (Å²) in [5.74, 6) is 0.351. The van der Waals surface area contributed by atoms with Crippen molar-refractivity contribution in [1.29, 1.82) is 0 Å². The highest BCUT2D eigenvalue weighted by atomic mass is 79.9. The minimum Gasteiger partial charge on any atom is -0.309 e. The monoisotopic (exact) mass is 188 g/mol. The van der Waals surface area contributed by atoms with Crippen molar-refractivity contribution < 1.29 is 0 Å². The van der Waals surface area contributed by atoms with E-state index in [-0.39, 0.29) is 6.17 Å². The average molecular weight is 189 g/mol. The maximum atomic E-state index is 5.58. The Labute approximate surface area is 63.0 Å². The highest BCUT2D eigenvalue weighted by molar-refractivity contribution is 9.12. The number of hydrogen-bond acceptors (Lipinski definition) is 2. The molecule has 0 aliphatic carbocycles. The summed E-state index contributed by atoms with van der Waals surface area (Å²) in [6.45, 7) is 2.04. The first-order valence-corrected chi connectivity index (χ1v) is 3.65. The summed E-state index contributed by atoms with van der Waals surface area (Å²) >= 11 is 3.31. The van der Waals surface area contributed by atoms with Crippen LogP contribution in [0.2, 0.25) is 0 Å². The molecule has 0 aromatic rings. The lowest BCUT2D eigenvalue weighted by atomic mass is 10.1. The molecule has 2 N–H and O–H groups in total. The Morgan fingerprint density at radius 1 is 1.78 bits per heavy atom. The van der Waals surface area contributed by atoms with Crippen LogP contribution in [0.25, 0.3) is 0 Å². The summed E-state index contributed by atoms with van der Waals surface area (Å²) in [6, 6.07) is 0. The van der Waals surface area contributed by atoms with Crippen LogP contribution in [-0.4, -0.2) is 12.4 Å². The second-order valence-corrected chi connectivity index (χ2v) is 3.10. The molecule has 9 heavy (non-hydrogen) atoms. The van der Waals surface area contributed by atoms with E-state index in [1.807, 2.05) is 6.92 Å². The van der Waals surface area contributed by atoms with Gasteiger partial charge < -0.3 is 5.73 Å². The van der Waals surface area contributed by atoms with Gasteiger partial charge in [-0.15, -0.1) is 0 Å². The fraction of sp³-hybridized carbons (Fsp3) is 0.500. The summed E-state index contributed by atoms with van der Waals surface area (Å²) in [5, 5.41) is 0. The minimum absolute atomic E-state index is 0.0497. The Hall–Kier alpha value is -0.150. The number of hydrogen-bond donors (Lipinski definition) is 1. The number of dihydropyridines is 1. The molecule has 0 spiro atoms. The molecule has 0 saturated heterocycles. The van der Waals surface area contributed by atoms with Gasteiger partial charge in [0.15, 0.2) is 0 Å². The van der Waals surface area contributed by atoms with Crippen LogP contribution in [0.15, 0.2) is 15.6 Å². The van der Waals surface area contributed by atoms with Gasteiger partial charge in [0.25, 0.3) is 0 Å². The van der Waals surface area contributed by atoms with Gasteiger partial charge in [-0.05, 0) is 15.9 Å². The number of nitrogens with two attached hydrogens (primary N) is 1. The van der Waals surface area contributed by atoms with Gasteiger partial charge >= 0.3 is 0 Å². The Morgan fingerprint density at radius 2 is 2.44 bits per heavy atom. The molecule has 50 valence electrons. The van der Waals surface area contributed by atoms with E-state index < -0.39 is 0 Å². The second-order valence-electron chi connectivity index (χ2n) is 2.18. The van der Waals surface area contributed by atoms with Crippen LogP contribution in [0.3, 0.4) is 0 Å². The Kier molecular flexibility index (Phi) is 2.03. The molecule has 0 aromatic carbocycles. The zero-order chi connectivity index (χ0) is 6.85. The molecule has 3 heteroatoms.